The summed E-state index contributed by atoms with van der Waals surface area (Å²) in [5, 5.41) is 2.88. The first-order valence-electron chi connectivity index (χ1n) is 9.89. The second kappa shape index (κ2) is 9.70. The lowest BCUT2D eigenvalue weighted by atomic mass is 10.2. The van der Waals surface area contributed by atoms with Gasteiger partial charge in [0.15, 0.2) is 5.82 Å². The molecule has 0 bridgehead atoms. The summed E-state index contributed by atoms with van der Waals surface area (Å²) >= 11 is 0. The second-order valence-electron chi connectivity index (χ2n) is 6.88. The molecule has 1 amide bonds. The van der Waals surface area contributed by atoms with Crippen LogP contribution in [0.15, 0.2) is 85.1 Å². The third-order valence-electron chi connectivity index (χ3n) is 4.68. The van der Waals surface area contributed by atoms with Gasteiger partial charge in [0.2, 0.25) is 5.88 Å². The fraction of sp³-hybridized carbons (Fsp3) is 0.0800. The summed E-state index contributed by atoms with van der Waals surface area (Å²) in [5.41, 5.74) is 2.17. The van der Waals surface area contributed by atoms with Crippen molar-refractivity contribution in [3.05, 3.63) is 102 Å². The van der Waals surface area contributed by atoms with Crippen molar-refractivity contribution in [1.82, 2.24) is 15.3 Å². The number of halogens is 1. The lowest BCUT2D eigenvalue weighted by Crippen LogP contribution is -2.22. The van der Waals surface area contributed by atoms with Crippen LogP contribution in [0.1, 0.15) is 15.9 Å². The van der Waals surface area contributed by atoms with Gasteiger partial charge in [0.25, 0.3) is 5.91 Å². The summed E-state index contributed by atoms with van der Waals surface area (Å²) in [6.45, 7) is 0.411. The molecule has 1 aromatic heterocycles. The zero-order valence-electron chi connectivity index (χ0n) is 17.3. The van der Waals surface area contributed by atoms with Crippen LogP contribution < -0.4 is 14.8 Å². The summed E-state index contributed by atoms with van der Waals surface area (Å²) in [7, 11) is 1.61. The second-order valence-corrected chi connectivity index (χ2v) is 6.88. The first kappa shape index (κ1) is 21.0. The number of carbonyl (C=O) groups excluding carboxylic acids is 1. The molecule has 1 heterocycles. The summed E-state index contributed by atoms with van der Waals surface area (Å²) < 4.78 is 24.0. The third-order valence-corrected chi connectivity index (χ3v) is 4.68. The molecule has 4 rings (SSSR count). The number of nitrogens with one attached hydrogen (secondary N) is 1. The quantitative estimate of drug-likeness (QED) is 0.447. The standard InChI is InChI=1S/C25H20FN3O3/c1-31-21-10-2-17(3-11-21)16-28-25(30)19-6-12-22(13-7-19)32-23-14-15-27-24(29-23)18-4-8-20(26)9-5-18/h2-15H,16H2,1H3,(H,28,30). The van der Waals surface area contributed by atoms with Crippen molar-refractivity contribution in [1.29, 1.82) is 0 Å². The van der Waals surface area contributed by atoms with Gasteiger partial charge < -0.3 is 14.8 Å². The Balaban J connectivity index is 1.37. The Kier molecular flexibility index (Phi) is 6.36. The van der Waals surface area contributed by atoms with E-state index in [1.807, 2.05) is 24.3 Å². The molecule has 0 aliphatic heterocycles. The van der Waals surface area contributed by atoms with Gasteiger partial charge in [-0.3, -0.25) is 4.79 Å². The fourth-order valence-electron chi connectivity index (χ4n) is 2.96. The van der Waals surface area contributed by atoms with Gasteiger partial charge in [-0.05, 0) is 66.2 Å². The smallest absolute Gasteiger partial charge is 0.251 e. The van der Waals surface area contributed by atoms with Crippen LogP contribution in [0.5, 0.6) is 17.4 Å². The fourth-order valence-corrected chi connectivity index (χ4v) is 2.96. The third kappa shape index (κ3) is 5.26. The Bertz CT molecular complexity index is 1190. The number of ether oxygens (including phenoxy) is 2. The SMILES string of the molecule is COc1ccc(CNC(=O)c2ccc(Oc3ccnc(-c4ccc(F)cc4)n3)cc2)cc1. The minimum Gasteiger partial charge on any atom is -0.497 e. The molecule has 0 aliphatic rings. The van der Waals surface area contributed by atoms with Crippen molar-refractivity contribution in [2.45, 2.75) is 6.54 Å². The van der Waals surface area contributed by atoms with Gasteiger partial charge in [0, 0.05) is 29.9 Å². The Hall–Kier alpha value is -4.26. The Labute approximate surface area is 184 Å². The van der Waals surface area contributed by atoms with Crippen LogP contribution in [-0.4, -0.2) is 23.0 Å². The van der Waals surface area contributed by atoms with E-state index in [9.17, 15) is 9.18 Å². The summed E-state index contributed by atoms with van der Waals surface area (Å²) in [6.07, 6.45) is 1.57. The highest BCUT2D eigenvalue weighted by Crippen LogP contribution is 2.23. The molecule has 0 unspecified atom stereocenters. The van der Waals surface area contributed by atoms with E-state index in [1.165, 1.54) is 12.1 Å². The molecule has 0 atom stereocenters. The van der Waals surface area contributed by atoms with E-state index in [4.69, 9.17) is 9.47 Å². The number of methoxy groups -OCH3 is 1. The molecule has 0 aliphatic carbocycles. The summed E-state index contributed by atoms with van der Waals surface area (Å²) in [6, 6.07) is 21.8. The maximum absolute atomic E-state index is 13.1. The molecule has 0 spiro atoms. The number of aromatic nitrogens is 2. The molecular formula is C25H20FN3O3. The Morgan fingerprint density at radius 1 is 0.906 bits per heavy atom. The van der Waals surface area contributed by atoms with E-state index in [2.05, 4.69) is 15.3 Å². The molecule has 0 fully saturated rings. The Morgan fingerprint density at radius 3 is 2.28 bits per heavy atom. The predicted octanol–water partition coefficient (Wildman–Crippen LogP) is 5.01. The minimum atomic E-state index is -0.325. The molecular weight excluding hydrogens is 409 g/mol. The van der Waals surface area contributed by atoms with E-state index in [0.29, 0.717) is 35.1 Å². The average Bonchev–Trinajstić information content (AvgIpc) is 2.84. The van der Waals surface area contributed by atoms with Gasteiger partial charge in [0.1, 0.15) is 17.3 Å². The van der Waals surface area contributed by atoms with E-state index in [1.54, 1.807) is 55.8 Å². The summed E-state index contributed by atoms with van der Waals surface area (Å²) in [4.78, 5) is 21.0. The first-order chi connectivity index (χ1) is 15.6. The van der Waals surface area contributed by atoms with Gasteiger partial charge in [0.05, 0.1) is 7.11 Å². The van der Waals surface area contributed by atoms with Crippen molar-refractivity contribution in [3.8, 4) is 28.8 Å². The monoisotopic (exact) mass is 429 g/mol. The maximum Gasteiger partial charge on any atom is 0.251 e. The number of benzene rings is 3. The van der Waals surface area contributed by atoms with E-state index in [0.717, 1.165) is 11.3 Å². The zero-order valence-corrected chi connectivity index (χ0v) is 17.3. The largest absolute Gasteiger partial charge is 0.497 e. The van der Waals surface area contributed by atoms with E-state index in [-0.39, 0.29) is 11.7 Å². The van der Waals surface area contributed by atoms with Crippen LogP contribution in [-0.2, 0) is 6.54 Å². The van der Waals surface area contributed by atoms with Gasteiger partial charge in [-0.1, -0.05) is 12.1 Å². The van der Waals surface area contributed by atoms with Crippen molar-refractivity contribution < 1.29 is 18.7 Å². The van der Waals surface area contributed by atoms with Crippen molar-refractivity contribution in [2.75, 3.05) is 7.11 Å². The number of hydrogen-bond donors (Lipinski definition) is 1. The van der Waals surface area contributed by atoms with Gasteiger partial charge in [-0.15, -0.1) is 0 Å². The molecule has 4 aromatic rings. The average molecular weight is 429 g/mol. The Morgan fingerprint density at radius 2 is 1.59 bits per heavy atom. The molecule has 3 aromatic carbocycles. The molecule has 6 nitrogen and oxygen atoms in total. The van der Waals surface area contributed by atoms with Crippen LogP contribution in [0.2, 0.25) is 0 Å². The topological polar surface area (TPSA) is 73.3 Å². The number of amides is 1. The molecule has 1 N–H and O–H groups in total. The molecule has 0 saturated heterocycles. The van der Waals surface area contributed by atoms with Crippen LogP contribution in [0.3, 0.4) is 0 Å². The number of carbonyl (C=O) groups is 1. The minimum absolute atomic E-state index is 0.187. The maximum atomic E-state index is 13.1. The first-order valence-corrected chi connectivity index (χ1v) is 9.89. The van der Waals surface area contributed by atoms with Crippen LogP contribution >= 0.6 is 0 Å². The molecule has 160 valence electrons. The van der Waals surface area contributed by atoms with Gasteiger partial charge in [-0.25, -0.2) is 9.37 Å². The van der Waals surface area contributed by atoms with Crippen LogP contribution in [0.25, 0.3) is 11.4 Å². The van der Waals surface area contributed by atoms with E-state index < -0.39 is 0 Å². The van der Waals surface area contributed by atoms with Gasteiger partial charge in [-0.2, -0.15) is 4.98 Å². The lowest BCUT2D eigenvalue weighted by Gasteiger charge is -2.08. The highest BCUT2D eigenvalue weighted by atomic mass is 19.1. The van der Waals surface area contributed by atoms with Crippen molar-refractivity contribution >= 4 is 5.91 Å². The van der Waals surface area contributed by atoms with Crippen LogP contribution in [0, 0.1) is 5.82 Å². The number of nitrogens with zero attached hydrogens (tertiary/aromatic N) is 2. The van der Waals surface area contributed by atoms with E-state index >= 15 is 0 Å². The van der Waals surface area contributed by atoms with Crippen molar-refractivity contribution in [3.63, 3.8) is 0 Å². The predicted molar refractivity (Wildman–Crippen MR) is 118 cm³/mol. The number of hydrogen-bond acceptors (Lipinski definition) is 5. The van der Waals surface area contributed by atoms with Gasteiger partial charge >= 0.3 is 0 Å². The molecule has 7 heteroatoms. The van der Waals surface area contributed by atoms with Crippen LogP contribution in [0.4, 0.5) is 4.39 Å². The highest BCUT2D eigenvalue weighted by molar-refractivity contribution is 5.94. The molecule has 0 radical (unpaired) electrons. The molecule has 0 saturated carbocycles. The lowest BCUT2D eigenvalue weighted by molar-refractivity contribution is 0.0951. The zero-order chi connectivity index (χ0) is 22.3. The normalized spacial score (nSPS) is 10.4. The highest BCUT2D eigenvalue weighted by Gasteiger charge is 2.08. The number of rotatable bonds is 7. The molecule has 32 heavy (non-hydrogen) atoms. The summed E-state index contributed by atoms with van der Waals surface area (Å²) in [5.74, 6) is 1.56. The van der Waals surface area contributed by atoms with Crippen molar-refractivity contribution in [2.24, 2.45) is 0 Å².